The fraction of sp³-hybridized carbons (Fsp3) is 0.250. The number of hydrogen-bond donors (Lipinski definition) is 1. The quantitative estimate of drug-likeness (QED) is 0.723. The van der Waals surface area contributed by atoms with Crippen molar-refractivity contribution in [2.75, 3.05) is 23.4 Å². The number of thiazole rings is 1. The van der Waals surface area contributed by atoms with E-state index in [4.69, 9.17) is 4.74 Å². The topological polar surface area (TPSA) is 71.5 Å². The molecule has 0 atom stereocenters. The summed E-state index contributed by atoms with van der Waals surface area (Å²) in [4.78, 5) is 30.7. The predicted molar refractivity (Wildman–Crippen MR) is 107 cm³/mol. The van der Waals surface area contributed by atoms with E-state index < -0.39 is 0 Å². The Balaban J connectivity index is 1.53. The van der Waals surface area contributed by atoms with Gasteiger partial charge in [0, 0.05) is 24.2 Å². The summed E-state index contributed by atoms with van der Waals surface area (Å²) in [6, 6.07) is 12.8. The third kappa shape index (κ3) is 3.64. The van der Waals surface area contributed by atoms with Gasteiger partial charge >= 0.3 is 0 Å². The van der Waals surface area contributed by atoms with Gasteiger partial charge in [-0.1, -0.05) is 17.4 Å². The number of amides is 2. The number of carbonyl (C=O) groups is 2. The average molecular weight is 381 g/mol. The van der Waals surface area contributed by atoms with Crippen LogP contribution < -0.4 is 15.0 Å². The Bertz CT molecular complexity index is 1010. The Morgan fingerprint density at radius 1 is 1.30 bits per heavy atom. The van der Waals surface area contributed by atoms with Gasteiger partial charge in [0.1, 0.15) is 5.75 Å². The van der Waals surface area contributed by atoms with E-state index in [0.717, 1.165) is 28.1 Å². The fourth-order valence-corrected chi connectivity index (χ4v) is 4.01. The number of fused-ring (bicyclic) bond motifs is 1. The molecule has 2 aromatic carbocycles. The Labute approximate surface area is 160 Å². The van der Waals surface area contributed by atoms with Crippen molar-refractivity contribution in [3.05, 3.63) is 48.0 Å². The number of hydrogen-bond acceptors (Lipinski definition) is 5. The van der Waals surface area contributed by atoms with Crippen molar-refractivity contribution in [3.63, 3.8) is 0 Å². The first kappa shape index (κ1) is 17.5. The van der Waals surface area contributed by atoms with Crippen LogP contribution in [0, 0.1) is 0 Å². The highest BCUT2D eigenvalue weighted by molar-refractivity contribution is 7.22. The molecule has 1 aromatic heterocycles. The highest BCUT2D eigenvalue weighted by atomic mass is 32.1. The summed E-state index contributed by atoms with van der Waals surface area (Å²) in [5.74, 6) is 0.644. The monoisotopic (exact) mass is 381 g/mol. The molecule has 2 heterocycles. The van der Waals surface area contributed by atoms with E-state index in [9.17, 15) is 9.59 Å². The van der Waals surface area contributed by atoms with Crippen LogP contribution in [0.3, 0.4) is 0 Å². The van der Waals surface area contributed by atoms with E-state index in [1.165, 1.54) is 11.3 Å². The third-order valence-electron chi connectivity index (χ3n) is 4.38. The molecule has 1 aliphatic heterocycles. The maximum absolute atomic E-state index is 12.6. The summed E-state index contributed by atoms with van der Waals surface area (Å²) in [5.41, 5.74) is 2.08. The number of nitrogens with one attached hydrogen (secondary N) is 1. The van der Waals surface area contributed by atoms with Crippen LogP contribution in [0.1, 0.15) is 30.1 Å². The maximum Gasteiger partial charge on any atom is 0.257 e. The first-order valence-electron chi connectivity index (χ1n) is 8.89. The van der Waals surface area contributed by atoms with Crippen molar-refractivity contribution < 1.29 is 14.3 Å². The molecule has 1 fully saturated rings. The van der Waals surface area contributed by atoms with Crippen LogP contribution in [0.15, 0.2) is 42.5 Å². The molecule has 0 saturated carbocycles. The number of rotatable bonds is 5. The van der Waals surface area contributed by atoms with Gasteiger partial charge in [0.25, 0.3) is 5.91 Å². The van der Waals surface area contributed by atoms with Gasteiger partial charge in [-0.3, -0.25) is 14.9 Å². The van der Waals surface area contributed by atoms with E-state index in [2.05, 4.69) is 10.3 Å². The lowest BCUT2D eigenvalue weighted by Gasteiger charge is -2.16. The zero-order chi connectivity index (χ0) is 18.8. The van der Waals surface area contributed by atoms with Gasteiger partial charge in [0.15, 0.2) is 5.13 Å². The molecule has 0 unspecified atom stereocenters. The average Bonchev–Trinajstić information content (AvgIpc) is 3.27. The zero-order valence-corrected chi connectivity index (χ0v) is 15.7. The van der Waals surface area contributed by atoms with Gasteiger partial charge in [-0.2, -0.15) is 0 Å². The molecule has 0 radical (unpaired) electrons. The molecule has 0 bridgehead atoms. The van der Waals surface area contributed by atoms with E-state index in [1.54, 1.807) is 23.1 Å². The number of ether oxygens (including phenoxy) is 1. The lowest BCUT2D eigenvalue weighted by Crippen LogP contribution is -2.24. The summed E-state index contributed by atoms with van der Waals surface area (Å²) in [5, 5.41) is 3.39. The molecule has 27 heavy (non-hydrogen) atoms. The Kier molecular flexibility index (Phi) is 4.77. The van der Waals surface area contributed by atoms with E-state index in [0.29, 0.717) is 30.3 Å². The van der Waals surface area contributed by atoms with Gasteiger partial charge in [0.05, 0.1) is 16.8 Å². The van der Waals surface area contributed by atoms with Crippen LogP contribution in [-0.2, 0) is 4.79 Å². The molecular formula is C20H19N3O3S. The summed E-state index contributed by atoms with van der Waals surface area (Å²) in [6.45, 7) is 3.24. The van der Waals surface area contributed by atoms with E-state index in [1.807, 2.05) is 31.2 Å². The molecule has 4 rings (SSSR count). The fourth-order valence-electron chi connectivity index (χ4n) is 3.12. The molecular weight excluding hydrogens is 362 g/mol. The number of benzene rings is 2. The highest BCUT2D eigenvalue weighted by Crippen LogP contribution is 2.30. The molecule has 2 amide bonds. The third-order valence-corrected chi connectivity index (χ3v) is 5.32. The Morgan fingerprint density at radius 3 is 2.96 bits per heavy atom. The van der Waals surface area contributed by atoms with Gasteiger partial charge in [-0.15, -0.1) is 0 Å². The molecule has 0 aliphatic carbocycles. The molecule has 1 N–H and O–H groups in total. The van der Waals surface area contributed by atoms with Crippen molar-refractivity contribution >= 4 is 44.2 Å². The minimum absolute atomic E-state index is 0.101. The molecule has 1 saturated heterocycles. The van der Waals surface area contributed by atoms with Gasteiger partial charge in [-0.25, -0.2) is 4.98 Å². The smallest absolute Gasteiger partial charge is 0.257 e. The Morgan fingerprint density at radius 2 is 2.19 bits per heavy atom. The summed E-state index contributed by atoms with van der Waals surface area (Å²) in [7, 11) is 0. The second kappa shape index (κ2) is 7.36. The van der Waals surface area contributed by atoms with Crippen LogP contribution in [0.5, 0.6) is 5.75 Å². The second-order valence-corrected chi connectivity index (χ2v) is 7.27. The SMILES string of the molecule is CCOc1ccc2nc(NC(=O)c3cccc(N4CCCC4=O)c3)sc2c1. The Hall–Kier alpha value is -2.93. The summed E-state index contributed by atoms with van der Waals surface area (Å²) in [6.07, 6.45) is 1.41. The van der Waals surface area contributed by atoms with Crippen molar-refractivity contribution in [2.45, 2.75) is 19.8 Å². The van der Waals surface area contributed by atoms with Crippen molar-refractivity contribution in [1.29, 1.82) is 0 Å². The lowest BCUT2D eigenvalue weighted by molar-refractivity contribution is -0.117. The van der Waals surface area contributed by atoms with Crippen LogP contribution in [0.4, 0.5) is 10.8 Å². The molecule has 6 nitrogen and oxygen atoms in total. The highest BCUT2D eigenvalue weighted by Gasteiger charge is 2.22. The molecule has 3 aromatic rings. The number of anilines is 2. The van der Waals surface area contributed by atoms with Crippen LogP contribution in [-0.4, -0.2) is 29.9 Å². The number of aromatic nitrogens is 1. The van der Waals surface area contributed by atoms with Crippen LogP contribution in [0.2, 0.25) is 0 Å². The first-order chi connectivity index (χ1) is 13.1. The number of carbonyl (C=O) groups excluding carboxylic acids is 2. The van der Waals surface area contributed by atoms with Gasteiger partial charge in [-0.05, 0) is 49.7 Å². The normalized spacial score (nSPS) is 14.0. The van der Waals surface area contributed by atoms with Gasteiger partial charge in [0.2, 0.25) is 5.91 Å². The maximum atomic E-state index is 12.6. The standard InChI is InChI=1S/C20H19N3O3S/c1-2-26-15-8-9-16-17(12-15)27-20(21-16)22-19(25)13-5-3-6-14(11-13)23-10-4-7-18(23)24/h3,5-6,8-9,11-12H,2,4,7,10H2,1H3,(H,21,22,25). The molecule has 0 spiro atoms. The molecule has 7 heteroatoms. The summed E-state index contributed by atoms with van der Waals surface area (Å²) >= 11 is 1.40. The van der Waals surface area contributed by atoms with Crippen molar-refractivity contribution in [3.8, 4) is 5.75 Å². The molecule has 1 aliphatic rings. The predicted octanol–water partition coefficient (Wildman–Crippen LogP) is 4.07. The summed E-state index contributed by atoms with van der Waals surface area (Å²) < 4.78 is 6.46. The van der Waals surface area contributed by atoms with Crippen LogP contribution in [0.25, 0.3) is 10.2 Å². The van der Waals surface area contributed by atoms with Crippen LogP contribution >= 0.6 is 11.3 Å². The van der Waals surface area contributed by atoms with Gasteiger partial charge < -0.3 is 9.64 Å². The van der Waals surface area contributed by atoms with Crippen molar-refractivity contribution in [2.24, 2.45) is 0 Å². The van der Waals surface area contributed by atoms with Crippen molar-refractivity contribution in [1.82, 2.24) is 4.98 Å². The minimum Gasteiger partial charge on any atom is -0.494 e. The minimum atomic E-state index is -0.243. The van der Waals surface area contributed by atoms with E-state index in [-0.39, 0.29) is 11.8 Å². The molecule has 138 valence electrons. The van der Waals surface area contributed by atoms with E-state index >= 15 is 0 Å². The second-order valence-electron chi connectivity index (χ2n) is 6.23. The zero-order valence-electron chi connectivity index (χ0n) is 14.9. The largest absolute Gasteiger partial charge is 0.494 e. The lowest BCUT2D eigenvalue weighted by atomic mass is 10.2. The first-order valence-corrected chi connectivity index (χ1v) is 9.71. The number of nitrogens with zero attached hydrogens (tertiary/aromatic N) is 2.